The van der Waals surface area contributed by atoms with Crippen LogP contribution < -0.4 is 15.4 Å². The molecule has 26 heavy (non-hydrogen) atoms. The molecule has 1 aliphatic rings. The van der Waals surface area contributed by atoms with Gasteiger partial charge in [-0.25, -0.2) is 0 Å². The van der Waals surface area contributed by atoms with Gasteiger partial charge in [-0.15, -0.1) is 0 Å². The van der Waals surface area contributed by atoms with E-state index in [9.17, 15) is 23.2 Å². The Kier molecular flexibility index (Phi) is 5.97. The lowest BCUT2D eigenvalue weighted by Crippen LogP contribution is -2.48. The Balaban J connectivity index is 2.06. The first kappa shape index (κ1) is 19.8. The molecule has 0 radical (unpaired) electrons. The molecule has 1 aromatic carbocycles. The summed E-state index contributed by atoms with van der Waals surface area (Å²) in [5, 5.41) is 22.9. The minimum absolute atomic E-state index is 0.0350. The Morgan fingerprint density at radius 1 is 1.42 bits per heavy atom. The first-order valence-corrected chi connectivity index (χ1v) is 8.10. The number of alkyl halides is 3. The Labute approximate surface area is 148 Å². The Bertz CT molecular complexity index is 699. The summed E-state index contributed by atoms with van der Waals surface area (Å²) in [5.41, 5.74) is -2.26. The average Bonchev–Trinajstić information content (AvgIpc) is 3.43. The van der Waals surface area contributed by atoms with Gasteiger partial charge in [-0.2, -0.15) is 18.4 Å². The van der Waals surface area contributed by atoms with Crippen LogP contribution >= 0.6 is 0 Å². The van der Waals surface area contributed by atoms with Gasteiger partial charge < -0.3 is 20.5 Å². The third-order valence-corrected chi connectivity index (χ3v) is 4.12. The first-order valence-electron chi connectivity index (χ1n) is 8.10. The molecule has 3 N–H and O–H groups in total. The summed E-state index contributed by atoms with van der Waals surface area (Å²) < 4.78 is 44.7. The molecule has 1 aromatic rings. The van der Waals surface area contributed by atoms with Gasteiger partial charge >= 0.3 is 6.18 Å². The van der Waals surface area contributed by atoms with E-state index >= 15 is 0 Å². The number of aliphatic hydroxyl groups is 1. The van der Waals surface area contributed by atoms with E-state index in [4.69, 9.17) is 9.84 Å². The number of hydrogen-bond donors (Lipinski definition) is 3. The van der Waals surface area contributed by atoms with Crippen molar-refractivity contribution in [3.8, 4) is 11.8 Å². The van der Waals surface area contributed by atoms with Crippen molar-refractivity contribution in [1.29, 1.82) is 5.26 Å². The number of benzene rings is 1. The summed E-state index contributed by atoms with van der Waals surface area (Å²) in [6, 6.07) is 5.33. The van der Waals surface area contributed by atoms with Crippen molar-refractivity contribution < 1.29 is 27.8 Å². The number of halogens is 3. The SMILES string of the molecule is CC(C#N)(NC(=O)CNc1ccc(OCCO)cc1C(F)(F)F)C1CC1. The van der Waals surface area contributed by atoms with Gasteiger partial charge in [0.15, 0.2) is 0 Å². The van der Waals surface area contributed by atoms with E-state index in [2.05, 4.69) is 16.7 Å². The summed E-state index contributed by atoms with van der Waals surface area (Å²) in [7, 11) is 0. The molecule has 1 fully saturated rings. The highest BCUT2D eigenvalue weighted by Gasteiger charge is 2.43. The van der Waals surface area contributed by atoms with Gasteiger partial charge in [0, 0.05) is 5.69 Å². The minimum atomic E-state index is -4.65. The number of rotatable bonds is 8. The van der Waals surface area contributed by atoms with Crippen LogP contribution in [0.5, 0.6) is 5.75 Å². The van der Waals surface area contributed by atoms with Gasteiger partial charge in [0.25, 0.3) is 0 Å². The van der Waals surface area contributed by atoms with E-state index < -0.39 is 29.7 Å². The molecular weight excluding hydrogens is 351 g/mol. The van der Waals surface area contributed by atoms with Crippen LogP contribution in [0.4, 0.5) is 18.9 Å². The maximum absolute atomic E-state index is 13.2. The number of carbonyl (C=O) groups excluding carboxylic acids is 1. The van der Waals surface area contributed by atoms with Gasteiger partial charge in [-0.1, -0.05) is 0 Å². The van der Waals surface area contributed by atoms with Crippen molar-refractivity contribution in [2.75, 3.05) is 25.1 Å². The predicted octanol–water partition coefficient (Wildman–Crippen LogP) is 2.30. The zero-order valence-electron chi connectivity index (χ0n) is 14.2. The average molecular weight is 371 g/mol. The van der Waals surface area contributed by atoms with Crippen molar-refractivity contribution in [2.24, 2.45) is 5.92 Å². The second kappa shape index (κ2) is 7.83. The number of nitrogens with zero attached hydrogens (tertiary/aromatic N) is 1. The van der Waals surface area contributed by atoms with Gasteiger partial charge in [-0.05, 0) is 43.9 Å². The molecule has 9 heteroatoms. The molecule has 0 aromatic heterocycles. The molecule has 1 saturated carbocycles. The van der Waals surface area contributed by atoms with Gasteiger partial charge in [0.05, 0.1) is 24.8 Å². The van der Waals surface area contributed by atoms with Crippen LogP contribution in [0.3, 0.4) is 0 Å². The van der Waals surface area contributed by atoms with Crippen LogP contribution in [0.15, 0.2) is 18.2 Å². The molecule has 142 valence electrons. The summed E-state index contributed by atoms with van der Waals surface area (Å²) in [5.74, 6) is -0.521. The molecule has 1 unspecified atom stereocenters. The molecule has 0 heterocycles. The number of nitriles is 1. The van der Waals surface area contributed by atoms with Gasteiger partial charge in [0.2, 0.25) is 5.91 Å². The van der Waals surface area contributed by atoms with E-state index in [0.717, 1.165) is 25.0 Å². The molecule has 1 amide bonds. The number of nitrogens with one attached hydrogen (secondary N) is 2. The fraction of sp³-hybridized carbons (Fsp3) is 0.529. The molecule has 6 nitrogen and oxygen atoms in total. The summed E-state index contributed by atoms with van der Waals surface area (Å²) in [6.45, 7) is 0.765. The van der Waals surface area contributed by atoms with E-state index in [0.29, 0.717) is 0 Å². The van der Waals surface area contributed by atoms with Crippen LogP contribution in [-0.4, -0.2) is 36.3 Å². The van der Waals surface area contributed by atoms with E-state index in [1.54, 1.807) is 6.92 Å². The molecule has 0 aliphatic heterocycles. The molecule has 1 atom stereocenters. The molecule has 0 saturated heterocycles. The number of carbonyl (C=O) groups is 1. The van der Waals surface area contributed by atoms with Gasteiger partial charge in [-0.3, -0.25) is 4.79 Å². The predicted molar refractivity (Wildman–Crippen MR) is 87.4 cm³/mol. The van der Waals surface area contributed by atoms with E-state index in [-0.39, 0.29) is 30.6 Å². The third kappa shape index (κ3) is 5.02. The first-order chi connectivity index (χ1) is 12.2. The maximum Gasteiger partial charge on any atom is 0.418 e. The van der Waals surface area contributed by atoms with Gasteiger partial charge in [0.1, 0.15) is 17.9 Å². The maximum atomic E-state index is 13.2. The highest BCUT2D eigenvalue weighted by molar-refractivity contribution is 5.82. The minimum Gasteiger partial charge on any atom is -0.491 e. The molecular formula is C17H20F3N3O3. The zero-order valence-corrected chi connectivity index (χ0v) is 14.2. The lowest BCUT2D eigenvalue weighted by Gasteiger charge is -2.23. The largest absolute Gasteiger partial charge is 0.491 e. The van der Waals surface area contributed by atoms with Crippen molar-refractivity contribution in [3.63, 3.8) is 0 Å². The van der Waals surface area contributed by atoms with Crippen molar-refractivity contribution in [3.05, 3.63) is 23.8 Å². The summed E-state index contributed by atoms with van der Waals surface area (Å²) >= 11 is 0. The fourth-order valence-corrected chi connectivity index (χ4v) is 2.56. The van der Waals surface area contributed by atoms with Crippen molar-refractivity contribution in [1.82, 2.24) is 5.32 Å². The van der Waals surface area contributed by atoms with Crippen molar-refractivity contribution in [2.45, 2.75) is 31.5 Å². The monoisotopic (exact) mass is 371 g/mol. The molecule has 2 rings (SSSR count). The highest BCUT2D eigenvalue weighted by atomic mass is 19.4. The number of hydrogen-bond acceptors (Lipinski definition) is 5. The van der Waals surface area contributed by atoms with Crippen LogP contribution in [0.25, 0.3) is 0 Å². The Morgan fingerprint density at radius 2 is 2.12 bits per heavy atom. The topological polar surface area (TPSA) is 94.4 Å². The second-order valence-electron chi connectivity index (χ2n) is 6.27. The lowest BCUT2D eigenvalue weighted by molar-refractivity contribution is -0.137. The lowest BCUT2D eigenvalue weighted by atomic mass is 9.98. The number of ether oxygens (including phenoxy) is 1. The van der Waals surface area contributed by atoms with Crippen LogP contribution in [-0.2, 0) is 11.0 Å². The van der Waals surface area contributed by atoms with E-state index in [1.807, 2.05) is 0 Å². The van der Waals surface area contributed by atoms with Crippen LogP contribution in [0.2, 0.25) is 0 Å². The third-order valence-electron chi connectivity index (χ3n) is 4.12. The highest BCUT2D eigenvalue weighted by Crippen LogP contribution is 2.39. The van der Waals surface area contributed by atoms with Crippen LogP contribution in [0.1, 0.15) is 25.3 Å². The Hall–Kier alpha value is -2.47. The zero-order chi connectivity index (χ0) is 19.4. The molecule has 1 aliphatic carbocycles. The number of aliphatic hydroxyl groups excluding tert-OH is 1. The van der Waals surface area contributed by atoms with Crippen molar-refractivity contribution >= 4 is 11.6 Å². The summed E-state index contributed by atoms with van der Waals surface area (Å²) in [6.07, 6.45) is -2.97. The second-order valence-corrected chi connectivity index (χ2v) is 6.27. The number of amides is 1. The molecule has 0 spiro atoms. The quantitative estimate of drug-likeness (QED) is 0.652. The fourth-order valence-electron chi connectivity index (χ4n) is 2.56. The number of anilines is 1. The molecule has 0 bridgehead atoms. The normalized spacial score (nSPS) is 16.3. The smallest absolute Gasteiger partial charge is 0.418 e. The standard InChI is InChI=1S/C17H20F3N3O3/c1-16(10-21,11-2-3-11)23-15(25)9-22-14-5-4-12(26-7-6-24)8-13(14)17(18,19)20/h4-5,8,11,22,24H,2-3,6-7,9H2,1H3,(H,23,25). The van der Waals surface area contributed by atoms with E-state index in [1.165, 1.54) is 6.07 Å². The van der Waals surface area contributed by atoms with Crippen LogP contribution in [0, 0.1) is 17.2 Å². The Morgan fingerprint density at radius 3 is 2.65 bits per heavy atom. The summed E-state index contributed by atoms with van der Waals surface area (Å²) in [4.78, 5) is 12.0.